The zero-order valence-electron chi connectivity index (χ0n) is 7.97. The molecule has 0 aliphatic rings. The molecule has 1 aromatic carbocycles. The topological polar surface area (TPSA) is 28.7 Å². The van der Waals surface area contributed by atoms with Crippen molar-refractivity contribution in [1.82, 2.24) is 9.97 Å². The van der Waals surface area contributed by atoms with E-state index < -0.39 is 0 Å². The van der Waals surface area contributed by atoms with Crippen molar-refractivity contribution in [2.75, 3.05) is 0 Å². The van der Waals surface area contributed by atoms with Crippen molar-refractivity contribution < 1.29 is 0 Å². The van der Waals surface area contributed by atoms with E-state index in [1.54, 1.807) is 0 Å². The summed E-state index contributed by atoms with van der Waals surface area (Å²) >= 11 is 4.20. The molecule has 68 valence electrons. The van der Waals surface area contributed by atoms with Crippen molar-refractivity contribution in [3.05, 3.63) is 22.8 Å². The lowest BCUT2D eigenvalue weighted by Crippen LogP contribution is -1.86. The van der Waals surface area contributed by atoms with Gasteiger partial charge in [0.15, 0.2) is 5.16 Å². The van der Waals surface area contributed by atoms with Gasteiger partial charge in [-0.15, -0.1) is 12.6 Å². The number of H-pyrrole nitrogens is 1. The van der Waals surface area contributed by atoms with Crippen LogP contribution in [-0.4, -0.2) is 9.97 Å². The summed E-state index contributed by atoms with van der Waals surface area (Å²) in [6.45, 7) is 6.28. The molecule has 0 aliphatic carbocycles. The maximum Gasteiger partial charge on any atom is 0.163 e. The van der Waals surface area contributed by atoms with Crippen LogP contribution in [0.5, 0.6) is 0 Å². The minimum Gasteiger partial charge on any atom is -0.333 e. The van der Waals surface area contributed by atoms with Gasteiger partial charge in [-0.1, -0.05) is 6.07 Å². The second-order valence-corrected chi connectivity index (χ2v) is 3.84. The van der Waals surface area contributed by atoms with Crippen LogP contribution in [0.3, 0.4) is 0 Å². The van der Waals surface area contributed by atoms with Gasteiger partial charge in [0, 0.05) is 0 Å². The molecule has 0 unspecified atom stereocenters. The average Bonchev–Trinajstić information content (AvgIpc) is 2.44. The number of hydrogen-bond donors (Lipinski definition) is 2. The fraction of sp³-hybridized carbons (Fsp3) is 0.300. The lowest BCUT2D eigenvalue weighted by Gasteiger charge is -2.02. The minimum atomic E-state index is 0.687. The Hall–Kier alpha value is -0.960. The number of benzene rings is 1. The van der Waals surface area contributed by atoms with E-state index in [4.69, 9.17) is 0 Å². The summed E-state index contributed by atoms with van der Waals surface area (Å²) in [6.07, 6.45) is 0. The number of aryl methyl sites for hydroxylation is 3. The van der Waals surface area contributed by atoms with Crippen molar-refractivity contribution in [3.63, 3.8) is 0 Å². The third-order valence-electron chi connectivity index (χ3n) is 2.47. The quantitative estimate of drug-likeness (QED) is 0.617. The normalized spacial score (nSPS) is 11.1. The molecular formula is C10H12N2S. The van der Waals surface area contributed by atoms with Crippen molar-refractivity contribution in [3.8, 4) is 0 Å². The first-order valence-electron chi connectivity index (χ1n) is 4.25. The summed E-state index contributed by atoms with van der Waals surface area (Å²) in [5.41, 5.74) is 5.89. The highest BCUT2D eigenvalue weighted by atomic mass is 32.1. The smallest absolute Gasteiger partial charge is 0.163 e. The molecule has 0 radical (unpaired) electrons. The first-order valence-corrected chi connectivity index (χ1v) is 4.70. The molecule has 0 atom stereocenters. The highest BCUT2D eigenvalue weighted by molar-refractivity contribution is 7.80. The summed E-state index contributed by atoms with van der Waals surface area (Å²) in [5.74, 6) is 0. The van der Waals surface area contributed by atoms with E-state index in [-0.39, 0.29) is 0 Å². The van der Waals surface area contributed by atoms with Crippen LogP contribution in [0.1, 0.15) is 16.7 Å². The Balaban J connectivity index is 2.95. The lowest BCUT2D eigenvalue weighted by molar-refractivity contribution is 1.09. The van der Waals surface area contributed by atoms with Gasteiger partial charge < -0.3 is 4.98 Å². The van der Waals surface area contributed by atoms with Crippen molar-refractivity contribution >= 4 is 23.7 Å². The van der Waals surface area contributed by atoms with Crippen LogP contribution in [0.15, 0.2) is 11.2 Å². The SMILES string of the molecule is Cc1cc(C)c2[nH]c(S)nc2c1C. The molecule has 1 heterocycles. The van der Waals surface area contributed by atoms with Crippen LogP contribution >= 0.6 is 12.6 Å². The summed E-state index contributed by atoms with van der Waals surface area (Å²) in [5, 5.41) is 0.687. The van der Waals surface area contributed by atoms with E-state index in [2.05, 4.69) is 49.4 Å². The Kier molecular flexibility index (Phi) is 1.84. The molecule has 0 spiro atoms. The van der Waals surface area contributed by atoms with Gasteiger partial charge >= 0.3 is 0 Å². The fourth-order valence-electron chi connectivity index (χ4n) is 1.61. The molecular weight excluding hydrogens is 180 g/mol. The van der Waals surface area contributed by atoms with E-state index in [1.165, 1.54) is 16.7 Å². The fourth-order valence-corrected chi connectivity index (χ4v) is 1.82. The molecule has 0 amide bonds. The van der Waals surface area contributed by atoms with E-state index in [9.17, 15) is 0 Å². The van der Waals surface area contributed by atoms with Gasteiger partial charge in [-0.3, -0.25) is 0 Å². The standard InChI is InChI=1S/C10H12N2S/c1-5-4-6(2)8-9(7(5)3)12-10(13)11-8/h4H,1-3H3,(H2,11,12,13). The number of nitrogens with one attached hydrogen (secondary N) is 1. The van der Waals surface area contributed by atoms with Gasteiger partial charge in [0.2, 0.25) is 0 Å². The van der Waals surface area contributed by atoms with Crippen molar-refractivity contribution in [2.24, 2.45) is 0 Å². The predicted octanol–water partition coefficient (Wildman–Crippen LogP) is 2.78. The highest BCUT2D eigenvalue weighted by Gasteiger charge is 2.07. The van der Waals surface area contributed by atoms with Crippen LogP contribution in [0.4, 0.5) is 0 Å². The number of thiol groups is 1. The first kappa shape index (κ1) is 8.63. The largest absolute Gasteiger partial charge is 0.333 e. The number of fused-ring (bicyclic) bond motifs is 1. The molecule has 0 aliphatic heterocycles. The number of nitrogens with zero attached hydrogens (tertiary/aromatic N) is 1. The molecule has 1 N–H and O–H groups in total. The predicted molar refractivity (Wildman–Crippen MR) is 57.6 cm³/mol. The van der Waals surface area contributed by atoms with E-state index in [0.717, 1.165) is 11.0 Å². The number of aromatic nitrogens is 2. The first-order chi connectivity index (χ1) is 6.09. The van der Waals surface area contributed by atoms with Crippen LogP contribution in [0, 0.1) is 20.8 Å². The molecule has 0 bridgehead atoms. The Morgan fingerprint density at radius 2 is 1.92 bits per heavy atom. The summed E-state index contributed by atoms with van der Waals surface area (Å²) < 4.78 is 0. The van der Waals surface area contributed by atoms with Crippen LogP contribution in [0.25, 0.3) is 11.0 Å². The lowest BCUT2D eigenvalue weighted by atomic mass is 10.0. The third kappa shape index (κ3) is 1.23. The van der Waals surface area contributed by atoms with Crippen LogP contribution in [-0.2, 0) is 0 Å². The van der Waals surface area contributed by atoms with Crippen molar-refractivity contribution in [1.29, 1.82) is 0 Å². The Bertz CT molecular complexity index is 471. The average molecular weight is 192 g/mol. The van der Waals surface area contributed by atoms with Crippen molar-refractivity contribution in [2.45, 2.75) is 25.9 Å². The Morgan fingerprint density at radius 1 is 1.23 bits per heavy atom. The molecule has 2 aromatic rings. The van der Waals surface area contributed by atoms with Crippen LogP contribution < -0.4 is 0 Å². The number of hydrogen-bond acceptors (Lipinski definition) is 2. The molecule has 0 saturated heterocycles. The van der Waals surface area contributed by atoms with Crippen LogP contribution in [0.2, 0.25) is 0 Å². The Labute approximate surface area is 82.8 Å². The third-order valence-corrected chi connectivity index (χ3v) is 2.68. The molecule has 1 aromatic heterocycles. The molecule has 0 saturated carbocycles. The Morgan fingerprint density at radius 3 is 2.62 bits per heavy atom. The second-order valence-electron chi connectivity index (χ2n) is 3.42. The summed E-state index contributed by atoms with van der Waals surface area (Å²) in [7, 11) is 0. The molecule has 2 rings (SSSR count). The van der Waals surface area contributed by atoms with Gasteiger partial charge in [0.1, 0.15) is 0 Å². The second kappa shape index (κ2) is 2.77. The van der Waals surface area contributed by atoms with Gasteiger partial charge in [0.25, 0.3) is 0 Å². The van der Waals surface area contributed by atoms with Gasteiger partial charge in [0.05, 0.1) is 11.0 Å². The molecule has 0 fully saturated rings. The maximum absolute atomic E-state index is 4.34. The van der Waals surface area contributed by atoms with Gasteiger partial charge in [-0.05, 0) is 37.5 Å². The zero-order chi connectivity index (χ0) is 9.59. The van der Waals surface area contributed by atoms with E-state index >= 15 is 0 Å². The summed E-state index contributed by atoms with van der Waals surface area (Å²) in [6, 6.07) is 2.17. The van der Waals surface area contributed by atoms with Gasteiger partial charge in [-0.2, -0.15) is 0 Å². The molecule has 3 heteroatoms. The van der Waals surface area contributed by atoms with E-state index in [0.29, 0.717) is 5.16 Å². The molecule has 13 heavy (non-hydrogen) atoms. The number of imidazole rings is 1. The number of aromatic amines is 1. The highest BCUT2D eigenvalue weighted by Crippen LogP contribution is 2.23. The minimum absolute atomic E-state index is 0.687. The number of rotatable bonds is 0. The molecule has 2 nitrogen and oxygen atoms in total. The van der Waals surface area contributed by atoms with E-state index in [1.807, 2.05) is 0 Å². The van der Waals surface area contributed by atoms with Gasteiger partial charge in [-0.25, -0.2) is 4.98 Å². The summed E-state index contributed by atoms with van der Waals surface area (Å²) in [4.78, 5) is 7.49. The monoisotopic (exact) mass is 192 g/mol. The zero-order valence-corrected chi connectivity index (χ0v) is 8.87. The maximum atomic E-state index is 4.34.